The number of rotatable bonds is 9. The van der Waals surface area contributed by atoms with Crippen LogP contribution in [0.2, 0.25) is 0 Å². The van der Waals surface area contributed by atoms with Crippen LogP contribution in [0.3, 0.4) is 0 Å². The fourth-order valence-electron chi connectivity index (χ4n) is 5.51. The van der Waals surface area contributed by atoms with Crippen molar-refractivity contribution in [2.45, 2.75) is 37.8 Å². The van der Waals surface area contributed by atoms with Crippen LogP contribution in [0.25, 0.3) is 0 Å². The maximum Gasteiger partial charge on any atom is 0.416 e. The van der Waals surface area contributed by atoms with Crippen molar-refractivity contribution in [1.29, 1.82) is 0 Å². The number of nitrogens with zero attached hydrogens (tertiary/aromatic N) is 3. The predicted octanol–water partition coefficient (Wildman–Crippen LogP) is 5.01. The lowest BCUT2D eigenvalue weighted by Gasteiger charge is -2.41. The Kier molecular flexibility index (Phi) is 11.0. The van der Waals surface area contributed by atoms with Crippen molar-refractivity contribution >= 4 is 5.91 Å². The Hall–Kier alpha value is -3.13. The number of hydrogen-bond donors (Lipinski definition) is 1. The first-order chi connectivity index (χ1) is 20.7. The van der Waals surface area contributed by atoms with Gasteiger partial charge < -0.3 is 19.5 Å². The Labute approximate surface area is 252 Å². The van der Waals surface area contributed by atoms with E-state index in [1.165, 1.54) is 4.90 Å². The van der Waals surface area contributed by atoms with Crippen molar-refractivity contribution in [1.82, 2.24) is 14.7 Å². The number of hydrogen-bond acceptors (Lipinski definition) is 6. The zero-order chi connectivity index (χ0) is 32.1. The van der Waals surface area contributed by atoms with Gasteiger partial charge in [0.25, 0.3) is 5.91 Å². The van der Waals surface area contributed by atoms with E-state index in [0.29, 0.717) is 62.7 Å². The van der Waals surface area contributed by atoms with Crippen LogP contribution in [-0.4, -0.2) is 104 Å². The number of benzene rings is 2. The fourth-order valence-corrected chi connectivity index (χ4v) is 5.51. The fraction of sp³-hybridized carbons (Fsp3) is 0.516. The molecule has 2 heterocycles. The minimum absolute atomic E-state index is 0.0128. The lowest BCUT2D eigenvalue weighted by atomic mass is 9.98. The molecule has 44 heavy (non-hydrogen) atoms. The third-order valence-electron chi connectivity index (χ3n) is 7.88. The molecule has 0 spiro atoms. The molecule has 2 atom stereocenters. The van der Waals surface area contributed by atoms with Gasteiger partial charge in [-0.05, 0) is 48.7 Å². The molecular formula is C31H37F6N3O4. The van der Waals surface area contributed by atoms with Crippen LogP contribution in [-0.2, 0) is 28.2 Å². The minimum atomic E-state index is -5.06. The average molecular weight is 630 g/mol. The molecule has 2 saturated heterocycles. The smallest absolute Gasteiger partial charge is 0.416 e. The van der Waals surface area contributed by atoms with Crippen molar-refractivity contribution in [3.8, 4) is 5.75 Å². The van der Waals surface area contributed by atoms with Crippen LogP contribution >= 0.6 is 0 Å². The van der Waals surface area contributed by atoms with E-state index in [1.807, 2.05) is 12.2 Å². The minimum Gasteiger partial charge on any atom is -0.508 e. The van der Waals surface area contributed by atoms with Crippen LogP contribution in [0.4, 0.5) is 26.3 Å². The van der Waals surface area contributed by atoms with E-state index in [1.54, 1.807) is 32.2 Å². The maximum atomic E-state index is 13.6. The Morgan fingerprint density at radius 2 is 1.59 bits per heavy atom. The Morgan fingerprint density at radius 1 is 0.955 bits per heavy atom. The number of piperazine rings is 1. The number of aryl methyl sites for hydroxylation is 1. The Bertz CT molecular complexity index is 1280. The van der Waals surface area contributed by atoms with Gasteiger partial charge in [-0.15, -0.1) is 0 Å². The number of carbonyl (C=O) groups is 1. The molecule has 2 aromatic carbocycles. The molecule has 2 fully saturated rings. The normalized spacial score (nSPS) is 20.9. The van der Waals surface area contributed by atoms with E-state index in [2.05, 4.69) is 9.80 Å². The molecule has 2 aromatic rings. The lowest BCUT2D eigenvalue weighted by Crippen LogP contribution is -2.56. The van der Waals surface area contributed by atoms with Crippen molar-refractivity contribution in [2.75, 3.05) is 66.1 Å². The number of phenolic OH excluding ortho intramolecular Hbond substituents is 1. The zero-order valence-corrected chi connectivity index (χ0v) is 24.6. The highest BCUT2D eigenvalue weighted by Crippen LogP contribution is 2.37. The highest BCUT2D eigenvalue weighted by Gasteiger charge is 2.39. The Morgan fingerprint density at radius 3 is 2.18 bits per heavy atom. The lowest BCUT2D eigenvalue weighted by molar-refractivity contribution is -0.143. The molecule has 13 heteroatoms. The number of ether oxygens (including phenoxy) is 2. The SMILES string of the molecule is COC[C@@H]1CN(C/C=C/CN2CCN(C(=O)c3cc(C(F)(F)F)cc(C(F)(F)F)c3)[C@H](Cc3ccc(C)c(O)c3)C2)CCO1. The standard InChI is InChI=1S/C31H37F6N3O4/c1-21-5-6-22(14-28(21)41)13-26-18-38(7-3-4-8-39-11-12-44-27(19-39)20-43-2)9-10-40(26)29(42)23-15-24(30(32,33)34)17-25(16-23)31(35,36)37/h3-6,14-17,26-27,41H,7-13,18-20H2,1-2H3/b4-3+/t26-,27+/m1/s1. The highest BCUT2D eigenvalue weighted by molar-refractivity contribution is 5.95. The van der Waals surface area contributed by atoms with E-state index in [0.717, 1.165) is 13.1 Å². The molecule has 0 unspecified atom stereocenters. The number of carbonyl (C=O) groups excluding carboxylic acids is 1. The molecule has 7 nitrogen and oxygen atoms in total. The summed E-state index contributed by atoms with van der Waals surface area (Å²) >= 11 is 0. The van der Waals surface area contributed by atoms with E-state index in [4.69, 9.17) is 9.47 Å². The highest BCUT2D eigenvalue weighted by atomic mass is 19.4. The van der Waals surface area contributed by atoms with Gasteiger partial charge in [0.05, 0.1) is 30.4 Å². The summed E-state index contributed by atoms with van der Waals surface area (Å²) in [5.74, 6) is -0.851. The monoisotopic (exact) mass is 629 g/mol. The van der Waals surface area contributed by atoms with Gasteiger partial charge in [-0.2, -0.15) is 26.3 Å². The zero-order valence-electron chi connectivity index (χ0n) is 24.6. The second-order valence-electron chi connectivity index (χ2n) is 11.2. The van der Waals surface area contributed by atoms with E-state index in [9.17, 15) is 36.2 Å². The summed E-state index contributed by atoms with van der Waals surface area (Å²) in [6.07, 6.45) is -5.81. The number of aromatic hydroxyl groups is 1. The predicted molar refractivity (Wildman–Crippen MR) is 151 cm³/mol. The van der Waals surface area contributed by atoms with Crippen molar-refractivity contribution in [3.63, 3.8) is 0 Å². The van der Waals surface area contributed by atoms with Gasteiger partial charge in [0.1, 0.15) is 5.75 Å². The van der Waals surface area contributed by atoms with Crippen molar-refractivity contribution < 1.29 is 45.7 Å². The van der Waals surface area contributed by atoms with Crippen molar-refractivity contribution in [3.05, 3.63) is 76.4 Å². The van der Waals surface area contributed by atoms with Crippen LogP contribution in [0, 0.1) is 6.92 Å². The molecule has 1 N–H and O–H groups in total. The second kappa shape index (κ2) is 14.3. The van der Waals surface area contributed by atoms with Gasteiger partial charge in [0, 0.05) is 64.5 Å². The van der Waals surface area contributed by atoms with Gasteiger partial charge in [-0.3, -0.25) is 14.6 Å². The first kappa shape index (κ1) is 33.8. The van der Waals surface area contributed by atoms with Crippen LogP contribution < -0.4 is 0 Å². The first-order valence-corrected chi connectivity index (χ1v) is 14.3. The topological polar surface area (TPSA) is 65.5 Å². The van der Waals surface area contributed by atoms with Gasteiger partial charge in [-0.1, -0.05) is 24.3 Å². The van der Waals surface area contributed by atoms with E-state index < -0.39 is 41.0 Å². The quantitative estimate of drug-likeness (QED) is 0.311. The largest absolute Gasteiger partial charge is 0.508 e. The number of alkyl halides is 6. The molecular weight excluding hydrogens is 592 g/mol. The number of phenols is 1. The van der Waals surface area contributed by atoms with E-state index >= 15 is 0 Å². The van der Waals surface area contributed by atoms with Crippen LogP contribution in [0.15, 0.2) is 48.6 Å². The molecule has 0 aliphatic carbocycles. The molecule has 0 bridgehead atoms. The van der Waals surface area contributed by atoms with E-state index in [-0.39, 0.29) is 30.9 Å². The molecule has 242 valence electrons. The molecule has 0 saturated carbocycles. The average Bonchev–Trinajstić information content (AvgIpc) is 2.96. The summed E-state index contributed by atoms with van der Waals surface area (Å²) in [5.41, 5.74) is -2.41. The van der Waals surface area contributed by atoms with Gasteiger partial charge in [0.15, 0.2) is 0 Å². The molecule has 0 aromatic heterocycles. The van der Waals surface area contributed by atoms with Crippen LogP contribution in [0.1, 0.15) is 32.6 Å². The summed E-state index contributed by atoms with van der Waals surface area (Å²) < 4.78 is 91.9. The van der Waals surface area contributed by atoms with Gasteiger partial charge >= 0.3 is 12.4 Å². The van der Waals surface area contributed by atoms with Crippen LogP contribution in [0.5, 0.6) is 5.75 Å². The summed E-state index contributed by atoms with van der Waals surface area (Å²) in [7, 11) is 1.63. The molecule has 2 aliphatic heterocycles. The number of halogens is 6. The third-order valence-corrected chi connectivity index (χ3v) is 7.88. The molecule has 0 radical (unpaired) electrons. The first-order valence-electron chi connectivity index (χ1n) is 14.3. The summed E-state index contributed by atoms with van der Waals surface area (Å²) in [6, 6.07) is 5.45. The summed E-state index contributed by atoms with van der Waals surface area (Å²) in [5, 5.41) is 10.2. The summed E-state index contributed by atoms with van der Waals surface area (Å²) in [6.45, 7) is 6.48. The second-order valence-corrected chi connectivity index (χ2v) is 11.2. The summed E-state index contributed by atoms with van der Waals surface area (Å²) in [4.78, 5) is 19.3. The number of amides is 1. The third kappa shape index (κ3) is 8.96. The van der Waals surface area contributed by atoms with Crippen molar-refractivity contribution in [2.24, 2.45) is 0 Å². The Balaban J connectivity index is 1.51. The van der Waals surface area contributed by atoms with Gasteiger partial charge in [0.2, 0.25) is 0 Å². The number of methoxy groups -OCH3 is 1. The van der Waals surface area contributed by atoms with Gasteiger partial charge in [-0.25, -0.2) is 0 Å². The number of morpholine rings is 1. The molecule has 2 aliphatic rings. The maximum absolute atomic E-state index is 13.6. The molecule has 1 amide bonds. The molecule has 4 rings (SSSR count).